The molecule has 0 fully saturated rings. The number of carbonyl (C=O) groups is 2. The Bertz CT molecular complexity index is 605. The van der Waals surface area contributed by atoms with E-state index in [0.29, 0.717) is 19.4 Å². The van der Waals surface area contributed by atoms with Crippen LogP contribution in [0.3, 0.4) is 0 Å². The van der Waals surface area contributed by atoms with E-state index in [0.717, 1.165) is 11.3 Å². The summed E-state index contributed by atoms with van der Waals surface area (Å²) in [7, 11) is 0. The van der Waals surface area contributed by atoms with Gasteiger partial charge in [0.05, 0.1) is 6.54 Å². The number of hydrogen-bond acceptors (Lipinski definition) is 2. The Kier molecular flexibility index (Phi) is 3.05. The fourth-order valence-electron chi connectivity index (χ4n) is 2.92. The SMILES string of the molecule is CC1=CC(=O)C2(CC=CC2)C(=O)N1Cc1ccccc1. The topological polar surface area (TPSA) is 37.4 Å². The third kappa shape index (κ3) is 1.90. The third-order valence-electron chi connectivity index (χ3n) is 4.17. The maximum atomic E-state index is 12.8. The van der Waals surface area contributed by atoms with Gasteiger partial charge >= 0.3 is 0 Å². The first kappa shape index (κ1) is 12.9. The number of allylic oxidation sites excluding steroid dienone is 4. The molecule has 0 unspecified atom stereocenters. The van der Waals surface area contributed by atoms with Gasteiger partial charge < -0.3 is 4.90 Å². The van der Waals surface area contributed by atoms with Crippen molar-refractivity contribution in [2.75, 3.05) is 0 Å². The van der Waals surface area contributed by atoms with Crippen LogP contribution in [0.4, 0.5) is 0 Å². The Morgan fingerprint density at radius 1 is 1.10 bits per heavy atom. The van der Waals surface area contributed by atoms with Crippen LogP contribution in [-0.2, 0) is 16.1 Å². The summed E-state index contributed by atoms with van der Waals surface area (Å²) in [5.74, 6) is -0.106. The highest BCUT2D eigenvalue weighted by Gasteiger charge is 2.49. The van der Waals surface area contributed by atoms with Crippen LogP contribution < -0.4 is 0 Å². The Balaban J connectivity index is 1.93. The predicted octanol–water partition coefficient (Wildman–Crippen LogP) is 2.84. The first-order chi connectivity index (χ1) is 9.63. The summed E-state index contributed by atoms with van der Waals surface area (Å²) in [6.07, 6.45) is 6.55. The van der Waals surface area contributed by atoms with E-state index in [1.165, 1.54) is 0 Å². The highest BCUT2D eigenvalue weighted by Crippen LogP contribution is 2.40. The molecule has 1 spiro atoms. The maximum absolute atomic E-state index is 12.8. The summed E-state index contributed by atoms with van der Waals surface area (Å²) in [6.45, 7) is 2.35. The van der Waals surface area contributed by atoms with Gasteiger partial charge in [0.2, 0.25) is 5.91 Å². The molecule has 0 aromatic heterocycles. The van der Waals surface area contributed by atoms with E-state index in [4.69, 9.17) is 0 Å². The Morgan fingerprint density at radius 2 is 1.75 bits per heavy atom. The van der Waals surface area contributed by atoms with Gasteiger partial charge in [0, 0.05) is 11.8 Å². The van der Waals surface area contributed by atoms with E-state index < -0.39 is 5.41 Å². The first-order valence-corrected chi connectivity index (χ1v) is 6.87. The van der Waals surface area contributed by atoms with Gasteiger partial charge in [-0.1, -0.05) is 42.5 Å². The van der Waals surface area contributed by atoms with Crippen LogP contribution in [0.1, 0.15) is 25.3 Å². The van der Waals surface area contributed by atoms with Gasteiger partial charge in [-0.2, -0.15) is 0 Å². The maximum Gasteiger partial charge on any atom is 0.241 e. The normalized spacial score (nSPS) is 20.6. The first-order valence-electron chi connectivity index (χ1n) is 6.87. The molecule has 20 heavy (non-hydrogen) atoms. The summed E-state index contributed by atoms with van der Waals surface area (Å²) in [4.78, 5) is 26.8. The highest BCUT2D eigenvalue weighted by atomic mass is 16.2. The van der Waals surface area contributed by atoms with Crippen LogP contribution in [0.2, 0.25) is 0 Å². The Labute approximate surface area is 118 Å². The van der Waals surface area contributed by atoms with Crippen molar-refractivity contribution in [2.24, 2.45) is 5.41 Å². The summed E-state index contributed by atoms with van der Waals surface area (Å²) < 4.78 is 0. The van der Waals surface area contributed by atoms with E-state index >= 15 is 0 Å². The lowest BCUT2D eigenvalue weighted by Gasteiger charge is -2.37. The molecule has 1 aliphatic heterocycles. The molecular formula is C17H17NO2. The number of nitrogens with zero attached hydrogens (tertiary/aromatic N) is 1. The molecule has 3 nitrogen and oxygen atoms in total. The highest BCUT2D eigenvalue weighted by molar-refractivity contribution is 6.14. The Hall–Kier alpha value is -2.16. The molecule has 0 radical (unpaired) electrons. The standard InChI is InChI=1S/C17H17NO2/c1-13-11-15(19)17(9-5-6-10-17)16(20)18(13)12-14-7-3-2-4-8-14/h2-8,11H,9-10,12H2,1H3. The average molecular weight is 267 g/mol. The lowest BCUT2D eigenvalue weighted by atomic mass is 9.77. The van der Waals surface area contributed by atoms with Crippen LogP contribution in [-0.4, -0.2) is 16.6 Å². The molecule has 102 valence electrons. The van der Waals surface area contributed by atoms with Gasteiger partial charge in [-0.3, -0.25) is 9.59 Å². The molecule has 3 heteroatoms. The van der Waals surface area contributed by atoms with Crippen LogP contribution >= 0.6 is 0 Å². The average Bonchev–Trinajstić information content (AvgIpc) is 2.94. The molecule has 2 aliphatic rings. The monoisotopic (exact) mass is 267 g/mol. The lowest BCUT2D eigenvalue weighted by molar-refractivity contribution is -0.147. The van der Waals surface area contributed by atoms with Crippen LogP contribution in [0.25, 0.3) is 0 Å². The summed E-state index contributed by atoms with van der Waals surface area (Å²) >= 11 is 0. The van der Waals surface area contributed by atoms with Gasteiger partial charge in [0.25, 0.3) is 0 Å². The quantitative estimate of drug-likeness (QED) is 0.610. The number of benzene rings is 1. The van der Waals surface area contributed by atoms with E-state index in [-0.39, 0.29) is 11.7 Å². The van der Waals surface area contributed by atoms with Gasteiger partial charge in [0.1, 0.15) is 5.41 Å². The number of carbonyl (C=O) groups excluding carboxylic acids is 2. The second-order valence-electron chi connectivity index (χ2n) is 5.49. The van der Waals surface area contributed by atoms with Crippen LogP contribution in [0.5, 0.6) is 0 Å². The second kappa shape index (κ2) is 4.75. The van der Waals surface area contributed by atoms with Crippen molar-refractivity contribution in [2.45, 2.75) is 26.3 Å². The van der Waals surface area contributed by atoms with E-state index in [2.05, 4.69) is 0 Å². The number of ketones is 1. The van der Waals surface area contributed by atoms with Crippen LogP contribution in [0.15, 0.2) is 54.3 Å². The molecular weight excluding hydrogens is 250 g/mol. The molecule has 1 amide bonds. The zero-order valence-electron chi connectivity index (χ0n) is 11.5. The number of rotatable bonds is 2. The molecule has 1 aliphatic carbocycles. The van der Waals surface area contributed by atoms with Crippen molar-refractivity contribution >= 4 is 11.7 Å². The van der Waals surface area contributed by atoms with E-state index in [9.17, 15) is 9.59 Å². The third-order valence-corrected chi connectivity index (χ3v) is 4.17. The summed E-state index contributed by atoms with van der Waals surface area (Å²) in [6, 6.07) is 9.87. The molecule has 0 bridgehead atoms. The molecule has 1 aromatic rings. The predicted molar refractivity (Wildman–Crippen MR) is 76.6 cm³/mol. The fraction of sp³-hybridized carbons (Fsp3) is 0.294. The molecule has 0 saturated carbocycles. The van der Waals surface area contributed by atoms with Crippen molar-refractivity contribution in [1.82, 2.24) is 4.90 Å². The minimum absolute atomic E-state index is 0.0469. The van der Waals surface area contributed by atoms with Crippen molar-refractivity contribution in [1.29, 1.82) is 0 Å². The smallest absolute Gasteiger partial charge is 0.241 e. The largest absolute Gasteiger partial charge is 0.311 e. The fourth-order valence-corrected chi connectivity index (χ4v) is 2.92. The molecule has 0 N–H and O–H groups in total. The molecule has 0 atom stereocenters. The van der Waals surface area contributed by atoms with Gasteiger partial charge in [-0.25, -0.2) is 0 Å². The zero-order chi connectivity index (χ0) is 14.2. The van der Waals surface area contributed by atoms with Crippen molar-refractivity contribution in [3.05, 3.63) is 59.8 Å². The number of amides is 1. The van der Waals surface area contributed by atoms with Crippen molar-refractivity contribution in [3.8, 4) is 0 Å². The van der Waals surface area contributed by atoms with E-state index in [1.54, 1.807) is 11.0 Å². The lowest BCUT2D eigenvalue weighted by Crippen LogP contribution is -2.49. The van der Waals surface area contributed by atoms with E-state index in [1.807, 2.05) is 49.4 Å². The van der Waals surface area contributed by atoms with Crippen molar-refractivity contribution < 1.29 is 9.59 Å². The minimum Gasteiger partial charge on any atom is -0.311 e. The second-order valence-corrected chi connectivity index (χ2v) is 5.49. The molecule has 1 heterocycles. The summed E-state index contributed by atoms with van der Waals surface area (Å²) in [5, 5.41) is 0. The zero-order valence-corrected chi connectivity index (χ0v) is 11.5. The summed E-state index contributed by atoms with van der Waals surface area (Å²) in [5.41, 5.74) is 0.944. The Morgan fingerprint density at radius 3 is 2.40 bits per heavy atom. The van der Waals surface area contributed by atoms with Gasteiger partial charge in [0.15, 0.2) is 5.78 Å². The van der Waals surface area contributed by atoms with Gasteiger partial charge in [-0.15, -0.1) is 0 Å². The van der Waals surface area contributed by atoms with Crippen molar-refractivity contribution in [3.63, 3.8) is 0 Å². The van der Waals surface area contributed by atoms with Gasteiger partial charge in [-0.05, 0) is 25.3 Å². The molecule has 0 saturated heterocycles. The number of hydrogen-bond donors (Lipinski definition) is 0. The minimum atomic E-state index is -0.867. The molecule has 1 aromatic carbocycles. The molecule has 3 rings (SSSR count). The van der Waals surface area contributed by atoms with Crippen LogP contribution in [0, 0.1) is 5.41 Å².